The number of aromatic nitrogens is 4. The first-order chi connectivity index (χ1) is 13.6. The second kappa shape index (κ2) is 6.61. The third kappa shape index (κ3) is 3.23. The molecule has 28 heavy (non-hydrogen) atoms. The number of carbonyl (C=O) groups is 1. The molecule has 5 rings (SSSR count). The smallest absolute Gasteiger partial charge is 0.254 e. The van der Waals surface area contributed by atoms with Gasteiger partial charge in [0.15, 0.2) is 0 Å². The van der Waals surface area contributed by atoms with Gasteiger partial charge < -0.3 is 15.1 Å². The van der Waals surface area contributed by atoms with E-state index in [1.807, 2.05) is 13.0 Å². The first-order valence-electron chi connectivity index (χ1n) is 9.88. The van der Waals surface area contributed by atoms with E-state index >= 15 is 0 Å². The summed E-state index contributed by atoms with van der Waals surface area (Å²) in [7, 11) is 0. The summed E-state index contributed by atoms with van der Waals surface area (Å²) < 4.78 is 7.65. The number of nitrogens with zero attached hydrogens (tertiary/aromatic N) is 4. The number of nitrogens with one attached hydrogen (secondary N) is 2. The topological polar surface area (TPSA) is 97.3 Å². The zero-order valence-corrected chi connectivity index (χ0v) is 16.1. The lowest BCUT2D eigenvalue weighted by Gasteiger charge is -2.09. The average molecular weight is 380 g/mol. The summed E-state index contributed by atoms with van der Waals surface area (Å²) in [6, 6.07) is 6.05. The van der Waals surface area contributed by atoms with E-state index in [0.717, 1.165) is 35.4 Å². The highest BCUT2D eigenvalue weighted by Gasteiger charge is 2.46. The van der Waals surface area contributed by atoms with Crippen LogP contribution in [0.25, 0.3) is 5.78 Å². The molecule has 1 amide bonds. The summed E-state index contributed by atoms with van der Waals surface area (Å²) in [5.74, 6) is 5.10. The number of fused-ring (bicyclic) bond motifs is 1. The van der Waals surface area contributed by atoms with E-state index in [2.05, 4.69) is 44.8 Å². The number of amides is 1. The van der Waals surface area contributed by atoms with Crippen molar-refractivity contribution in [3.63, 3.8) is 0 Å². The van der Waals surface area contributed by atoms with E-state index in [4.69, 9.17) is 4.42 Å². The number of furan rings is 1. The van der Waals surface area contributed by atoms with Crippen LogP contribution < -0.4 is 10.6 Å². The summed E-state index contributed by atoms with van der Waals surface area (Å²) >= 11 is 0. The number of rotatable bonds is 7. The Morgan fingerprint density at radius 3 is 2.82 bits per heavy atom. The maximum atomic E-state index is 12.4. The largest absolute Gasteiger partial charge is 0.465 e. The molecule has 0 bridgehead atoms. The van der Waals surface area contributed by atoms with Crippen LogP contribution in [0, 0.1) is 18.8 Å². The van der Waals surface area contributed by atoms with E-state index in [1.165, 1.54) is 12.7 Å². The van der Waals surface area contributed by atoms with Crippen molar-refractivity contribution in [2.45, 2.75) is 38.5 Å². The minimum absolute atomic E-state index is 0.0285. The highest BCUT2D eigenvalue weighted by atomic mass is 16.3. The van der Waals surface area contributed by atoms with Gasteiger partial charge in [0, 0.05) is 42.6 Å². The van der Waals surface area contributed by atoms with Crippen molar-refractivity contribution < 1.29 is 9.21 Å². The van der Waals surface area contributed by atoms with Crippen molar-refractivity contribution in [3.8, 4) is 0 Å². The Balaban J connectivity index is 1.10. The first kappa shape index (κ1) is 17.2. The van der Waals surface area contributed by atoms with Crippen molar-refractivity contribution in [2.24, 2.45) is 11.8 Å². The minimum Gasteiger partial charge on any atom is -0.465 e. The Bertz CT molecular complexity index is 1020. The molecular weight excluding hydrogens is 356 g/mol. The standard InChI is InChI=1S/C20H24N6O2/c1-11-7-13(11)16-3-4-17(28-16)14-9-15(14)19(27)22-6-5-21-18-8-12(2)25-20-23-10-24-26(18)20/h3-4,8,10-11,13-15,21H,5-7,9H2,1-2H3,(H,22,27). The van der Waals surface area contributed by atoms with Crippen LogP contribution in [-0.4, -0.2) is 38.6 Å². The number of hydrogen-bond acceptors (Lipinski definition) is 6. The van der Waals surface area contributed by atoms with Gasteiger partial charge in [-0.15, -0.1) is 0 Å². The summed E-state index contributed by atoms with van der Waals surface area (Å²) in [6.45, 7) is 5.31. The Hall–Kier alpha value is -2.90. The van der Waals surface area contributed by atoms with E-state index in [9.17, 15) is 4.79 Å². The SMILES string of the molecule is Cc1cc(NCCNC(=O)C2CC2c2ccc(C3CC3C)o2)n2ncnc2n1. The summed E-state index contributed by atoms with van der Waals surface area (Å²) in [5.41, 5.74) is 0.867. The molecule has 2 N–H and O–H groups in total. The van der Waals surface area contributed by atoms with Gasteiger partial charge in [-0.1, -0.05) is 6.92 Å². The molecule has 3 heterocycles. The monoisotopic (exact) mass is 380 g/mol. The second-order valence-corrected chi connectivity index (χ2v) is 7.98. The third-order valence-corrected chi connectivity index (χ3v) is 5.73. The third-order valence-electron chi connectivity index (χ3n) is 5.73. The molecule has 2 fully saturated rings. The Morgan fingerprint density at radius 1 is 1.25 bits per heavy atom. The van der Waals surface area contributed by atoms with E-state index in [-0.39, 0.29) is 17.7 Å². The van der Waals surface area contributed by atoms with E-state index in [0.29, 0.717) is 24.8 Å². The van der Waals surface area contributed by atoms with Gasteiger partial charge in [0.1, 0.15) is 23.7 Å². The van der Waals surface area contributed by atoms with Crippen molar-refractivity contribution >= 4 is 17.5 Å². The van der Waals surface area contributed by atoms with Crippen LogP contribution >= 0.6 is 0 Å². The lowest BCUT2D eigenvalue weighted by Crippen LogP contribution is -2.30. The average Bonchev–Trinajstić information content (AvgIpc) is 3.50. The van der Waals surface area contributed by atoms with Crippen molar-refractivity contribution in [2.75, 3.05) is 18.4 Å². The maximum absolute atomic E-state index is 12.4. The van der Waals surface area contributed by atoms with Crippen LogP contribution in [0.4, 0.5) is 5.82 Å². The molecule has 0 aromatic carbocycles. The molecule has 0 aliphatic heterocycles. The second-order valence-electron chi connectivity index (χ2n) is 7.98. The highest BCUT2D eigenvalue weighted by molar-refractivity contribution is 5.82. The number of anilines is 1. The van der Waals surface area contributed by atoms with Gasteiger partial charge in [-0.25, -0.2) is 4.98 Å². The molecule has 4 atom stereocenters. The number of hydrogen-bond donors (Lipinski definition) is 2. The molecule has 146 valence electrons. The van der Waals surface area contributed by atoms with Crippen LogP contribution in [0.3, 0.4) is 0 Å². The van der Waals surface area contributed by atoms with Crippen molar-refractivity contribution in [1.29, 1.82) is 0 Å². The molecule has 2 aliphatic carbocycles. The lowest BCUT2D eigenvalue weighted by molar-refractivity contribution is -0.122. The Labute approximate surface area is 162 Å². The van der Waals surface area contributed by atoms with E-state index in [1.54, 1.807) is 4.52 Å². The van der Waals surface area contributed by atoms with Crippen LogP contribution in [-0.2, 0) is 4.79 Å². The molecule has 8 heteroatoms. The van der Waals surface area contributed by atoms with Gasteiger partial charge in [0.05, 0.1) is 0 Å². The van der Waals surface area contributed by atoms with Gasteiger partial charge in [-0.2, -0.15) is 14.6 Å². The number of carbonyl (C=O) groups excluding carboxylic acids is 1. The molecular formula is C20H24N6O2. The molecule has 8 nitrogen and oxygen atoms in total. The molecule has 2 aliphatic rings. The van der Waals surface area contributed by atoms with E-state index < -0.39 is 0 Å². The highest BCUT2D eigenvalue weighted by Crippen LogP contribution is 2.51. The minimum atomic E-state index is 0.0285. The maximum Gasteiger partial charge on any atom is 0.254 e. The van der Waals surface area contributed by atoms with Crippen LogP contribution in [0.2, 0.25) is 0 Å². The van der Waals surface area contributed by atoms with Crippen molar-refractivity contribution in [1.82, 2.24) is 24.9 Å². The molecule has 2 saturated carbocycles. The predicted octanol–water partition coefficient (Wildman–Crippen LogP) is 2.48. The van der Waals surface area contributed by atoms with Gasteiger partial charge in [-0.3, -0.25) is 4.79 Å². The fraction of sp³-hybridized carbons (Fsp3) is 0.500. The Morgan fingerprint density at radius 2 is 2.04 bits per heavy atom. The predicted molar refractivity (Wildman–Crippen MR) is 103 cm³/mol. The molecule has 3 aromatic rings. The fourth-order valence-electron chi connectivity index (χ4n) is 3.85. The first-order valence-corrected chi connectivity index (χ1v) is 9.88. The summed E-state index contributed by atoms with van der Waals surface area (Å²) in [6.07, 6.45) is 3.56. The van der Waals surface area contributed by atoms with Gasteiger partial charge >= 0.3 is 0 Å². The molecule has 0 saturated heterocycles. The molecule has 0 radical (unpaired) electrons. The zero-order valence-electron chi connectivity index (χ0n) is 16.1. The van der Waals surface area contributed by atoms with Crippen LogP contribution in [0.1, 0.15) is 48.8 Å². The zero-order chi connectivity index (χ0) is 19.3. The quantitative estimate of drug-likeness (QED) is 0.611. The van der Waals surface area contributed by atoms with Crippen LogP contribution in [0.5, 0.6) is 0 Å². The van der Waals surface area contributed by atoms with Gasteiger partial charge in [-0.05, 0) is 37.8 Å². The summed E-state index contributed by atoms with van der Waals surface area (Å²) in [5, 5.41) is 10.5. The fourth-order valence-corrected chi connectivity index (χ4v) is 3.85. The number of aryl methyl sites for hydroxylation is 1. The summed E-state index contributed by atoms with van der Waals surface area (Å²) in [4.78, 5) is 20.8. The lowest BCUT2D eigenvalue weighted by atomic mass is 10.2. The molecule has 3 aromatic heterocycles. The van der Waals surface area contributed by atoms with Crippen molar-refractivity contribution in [3.05, 3.63) is 41.7 Å². The normalized spacial score (nSPS) is 25.6. The van der Waals surface area contributed by atoms with Gasteiger partial charge in [0.2, 0.25) is 5.91 Å². The van der Waals surface area contributed by atoms with Crippen LogP contribution in [0.15, 0.2) is 28.9 Å². The molecule has 4 unspecified atom stereocenters. The molecule has 0 spiro atoms. The van der Waals surface area contributed by atoms with Gasteiger partial charge in [0.25, 0.3) is 5.78 Å². The Kier molecular flexibility index (Phi) is 4.07.